The number of halogens is 5. The lowest BCUT2D eigenvalue weighted by molar-refractivity contribution is -0.141. The molecule has 0 bridgehead atoms. The molecular weight excluding hydrogens is 551 g/mol. The number of methoxy groups -OCH3 is 1. The number of piperidine rings is 1. The molecule has 0 spiro atoms. The monoisotopic (exact) mass is 582 g/mol. The van der Waals surface area contributed by atoms with Crippen molar-refractivity contribution in [3.05, 3.63) is 65.1 Å². The molecule has 1 fully saturated rings. The van der Waals surface area contributed by atoms with Crippen LogP contribution in [0.2, 0.25) is 0 Å². The summed E-state index contributed by atoms with van der Waals surface area (Å²) in [5, 5.41) is 10.1. The standard InChI is InChI=1S/C29H31F5N2O3S/c1-39-19-2-3-25-21(12-19)27(18(16-30)17-35-25)22(31)4-5-29(15-26(37)38)6-8-36(9-7-29)10-11-40-20-13-23(32)28(34)24(33)14-20/h2-3,12-14,17,22H,4-11,15-16H2,1H3,(H,37,38)/t22-/m1/s1. The Morgan fingerprint density at radius 3 is 2.50 bits per heavy atom. The van der Waals surface area contributed by atoms with Gasteiger partial charge < -0.3 is 14.7 Å². The molecule has 1 saturated heterocycles. The van der Waals surface area contributed by atoms with Gasteiger partial charge in [-0.1, -0.05) is 0 Å². The van der Waals surface area contributed by atoms with Gasteiger partial charge in [-0.2, -0.15) is 0 Å². The van der Waals surface area contributed by atoms with E-state index >= 15 is 4.39 Å². The Morgan fingerprint density at radius 2 is 1.88 bits per heavy atom. The van der Waals surface area contributed by atoms with Crippen LogP contribution in [-0.2, 0) is 11.5 Å². The highest BCUT2D eigenvalue weighted by molar-refractivity contribution is 7.99. The molecule has 0 amide bonds. The fraction of sp³-hybridized carbons (Fsp3) is 0.448. The van der Waals surface area contributed by atoms with Crippen LogP contribution in [0.5, 0.6) is 5.75 Å². The lowest BCUT2D eigenvalue weighted by Crippen LogP contribution is -2.42. The predicted octanol–water partition coefficient (Wildman–Crippen LogP) is 7.27. The zero-order valence-corrected chi connectivity index (χ0v) is 22.9. The molecule has 1 aromatic heterocycles. The van der Waals surface area contributed by atoms with E-state index in [1.165, 1.54) is 25.1 Å². The predicted molar refractivity (Wildman–Crippen MR) is 144 cm³/mol. The van der Waals surface area contributed by atoms with Gasteiger partial charge in [-0.15, -0.1) is 11.8 Å². The number of alkyl halides is 2. The Morgan fingerprint density at radius 1 is 1.18 bits per heavy atom. The van der Waals surface area contributed by atoms with E-state index in [0.717, 1.165) is 12.1 Å². The largest absolute Gasteiger partial charge is 0.497 e. The van der Waals surface area contributed by atoms with Crippen molar-refractivity contribution < 1.29 is 36.6 Å². The topological polar surface area (TPSA) is 62.7 Å². The number of benzene rings is 2. The number of carboxylic acids is 1. The van der Waals surface area contributed by atoms with Crippen LogP contribution in [0.15, 0.2) is 41.4 Å². The minimum absolute atomic E-state index is 0.0359. The molecule has 1 aliphatic rings. The van der Waals surface area contributed by atoms with Gasteiger partial charge in [-0.3, -0.25) is 9.78 Å². The van der Waals surface area contributed by atoms with Crippen molar-refractivity contribution in [2.45, 2.75) is 49.8 Å². The minimum Gasteiger partial charge on any atom is -0.497 e. The number of nitrogens with zero attached hydrogens (tertiary/aromatic N) is 2. The van der Waals surface area contributed by atoms with Crippen molar-refractivity contribution in [2.24, 2.45) is 5.41 Å². The number of likely N-dealkylation sites (tertiary alicyclic amines) is 1. The highest BCUT2D eigenvalue weighted by Crippen LogP contribution is 2.43. The molecule has 11 heteroatoms. The average Bonchev–Trinajstić information content (AvgIpc) is 2.94. The zero-order valence-electron chi connectivity index (χ0n) is 22.1. The number of aliphatic carboxylic acids is 1. The molecule has 0 unspecified atom stereocenters. The van der Waals surface area contributed by atoms with Gasteiger partial charge in [0.25, 0.3) is 0 Å². The van der Waals surface area contributed by atoms with Gasteiger partial charge in [0.15, 0.2) is 17.5 Å². The van der Waals surface area contributed by atoms with E-state index in [4.69, 9.17) is 4.74 Å². The third kappa shape index (κ3) is 7.04. The van der Waals surface area contributed by atoms with Gasteiger partial charge >= 0.3 is 5.97 Å². The quantitative estimate of drug-likeness (QED) is 0.138. The van der Waals surface area contributed by atoms with E-state index in [1.54, 1.807) is 18.2 Å². The number of aromatic nitrogens is 1. The second-order valence-corrected chi connectivity index (χ2v) is 11.3. The number of thioether (sulfide) groups is 1. The third-order valence-corrected chi connectivity index (χ3v) is 8.62. The number of rotatable bonds is 12. The zero-order chi connectivity index (χ0) is 28.9. The second kappa shape index (κ2) is 13.2. The molecule has 2 aromatic carbocycles. The van der Waals surface area contributed by atoms with Crippen LogP contribution in [0.3, 0.4) is 0 Å². The van der Waals surface area contributed by atoms with Gasteiger partial charge in [-0.05, 0) is 74.5 Å². The highest BCUT2D eigenvalue weighted by Gasteiger charge is 2.37. The molecule has 0 saturated carbocycles. The molecule has 0 aliphatic carbocycles. The number of carbonyl (C=O) groups is 1. The molecule has 40 heavy (non-hydrogen) atoms. The summed E-state index contributed by atoms with van der Waals surface area (Å²) < 4.78 is 75.0. The first kappa shape index (κ1) is 30.0. The van der Waals surface area contributed by atoms with Crippen LogP contribution in [0.4, 0.5) is 22.0 Å². The first-order valence-corrected chi connectivity index (χ1v) is 14.0. The van der Waals surface area contributed by atoms with Crippen molar-refractivity contribution in [1.82, 2.24) is 9.88 Å². The molecule has 1 N–H and O–H groups in total. The van der Waals surface area contributed by atoms with Crippen molar-refractivity contribution in [1.29, 1.82) is 0 Å². The summed E-state index contributed by atoms with van der Waals surface area (Å²) in [5.74, 6) is -3.91. The van der Waals surface area contributed by atoms with Crippen molar-refractivity contribution in [3.63, 3.8) is 0 Å². The molecule has 0 radical (unpaired) electrons. The summed E-state index contributed by atoms with van der Waals surface area (Å²) in [7, 11) is 1.49. The Labute approximate surface area is 233 Å². The van der Waals surface area contributed by atoms with E-state index in [1.807, 2.05) is 0 Å². The number of fused-ring (bicyclic) bond motifs is 1. The Hall–Kier alpha value is -2.92. The van der Waals surface area contributed by atoms with E-state index < -0.39 is 41.7 Å². The summed E-state index contributed by atoms with van der Waals surface area (Å²) in [5.41, 5.74) is 0.293. The normalized spacial score (nSPS) is 16.2. The van der Waals surface area contributed by atoms with Crippen molar-refractivity contribution >= 4 is 28.6 Å². The summed E-state index contributed by atoms with van der Waals surface area (Å²) in [4.78, 5) is 18.4. The lowest BCUT2D eigenvalue weighted by Gasteiger charge is -2.41. The van der Waals surface area contributed by atoms with Crippen LogP contribution in [0.1, 0.15) is 49.4 Å². The molecule has 216 valence electrons. The summed E-state index contributed by atoms with van der Waals surface area (Å²) >= 11 is 1.20. The molecule has 4 rings (SSSR count). The van der Waals surface area contributed by atoms with Crippen molar-refractivity contribution in [3.8, 4) is 5.75 Å². The summed E-state index contributed by atoms with van der Waals surface area (Å²) in [6.07, 6.45) is 1.16. The fourth-order valence-electron chi connectivity index (χ4n) is 5.41. The maximum absolute atomic E-state index is 15.8. The van der Waals surface area contributed by atoms with E-state index in [2.05, 4.69) is 9.88 Å². The van der Waals surface area contributed by atoms with Gasteiger partial charge in [0, 0.05) is 39.9 Å². The van der Waals surface area contributed by atoms with E-state index in [-0.39, 0.29) is 28.9 Å². The van der Waals surface area contributed by atoms with Gasteiger partial charge in [0.1, 0.15) is 18.6 Å². The first-order chi connectivity index (χ1) is 19.1. The van der Waals surface area contributed by atoms with E-state index in [9.17, 15) is 27.5 Å². The smallest absolute Gasteiger partial charge is 0.303 e. The highest BCUT2D eigenvalue weighted by atomic mass is 32.2. The van der Waals surface area contributed by atoms with Crippen LogP contribution in [-0.4, -0.2) is 53.5 Å². The third-order valence-electron chi connectivity index (χ3n) is 7.66. The molecule has 1 aliphatic heterocycles. The second-order valence-electron chi connectivity index (χ2n) is 10.2. The molecule has 2 heterocycles. The maximum Gasteiger partial charge on any atom is 0.303 e. The molecular formula is C29H31F5N2O3S. The molecule has 1 atom stereocenters. The average molecular weight is 583 g/mol. The van der Waals surface area contributed by atoms with Crippen LogP contribution in [0, 0.1) is 22.9 Å². The Balaban J connectivity index is 1.40. The molecule has 5 nitrogen and oxygen atoms in total. The molecule has 3 aromatic rings. The number of hydrogen-bond donors (Lipinski definition) is 1. The SMILES string of the molecule is COc1ccc2ncc(CF)c([C@H](F)CCC3(CC(=O)O)CCN(CCSc4cc(F)c(F)c(F)c4)CC3)c2c1. The van der Waals surface area contributed by atoms with Crippen LogP contribution < -0.4 is 4.74 Å². The Bertz CT molecular complexity index is 1320. The van der Waals surface area contributed by atoms with Gasteiger partial charge in [-0.25, -0.2) is 22.0 Å². The van der Waals surface area contributed by atoms with Crippen LogP contribution >= 0.6 is 11.8 Å². The Kier molecular flexibility index (Phi) is 9.89. The van der Waals surface area contributed by atoms with E-state index in [0.29, 0.717) is 61.3 Å². The number of ether oxygens (including phenoxy) is 1. The van der Waals surface area contributed by atoms with Crippen molar-refractivity contribution in [2.75, 3.05) is 32.5 Å². The number of pyridine rings is 1. The number of carboxylic acid groups (broad SMARTS) is 1. The number of hydrogen-bond acceptors (Lipinski definition) is 5. The maximum atomic E-state index is 15.8. The van der Waals surface area contributed by atoms with Crippen LogP contribution in [0.25, 0.3) is 10.9 Å². The first-order valence-electron chi connectivity index (χ1n) is 13.0. The van der Waals surface area contributed by atoms with Gasteiger partial charge in [0.2, 0.25) is 0 Å². The summed E-state index contributed by atoms with van der Waals surface area (Å²) in [6.45, 7) is 0.884. The lowest BCUT2D eigenvalue weighted by atomic mass is 9.71. The van der Waals surface area contributed by atoms with Gasteiger partial charge in [0.05, 0.1) is 19.0 Å². The summed E-state index contributed by atoms with van der Waals surface area (Å²) in [6, 6.07) is 6.95. The fourth-order valence-corrected chi connectivity index (χ4v) is 6.37. The minimum atomic E-state index is -1.51.